The van der Waals surface area contributed by atoms with E-state index in [1.807, 2.05) is 55.5 Å². The third-order valence-corrected chi connectivity index (χ3v) is 3.26. The molecule has 0 saturated carbocycles. The van der Waals surface area contributed by atoms with Crippen LogP contribution in [0.15, 0.2) is 60.7 Å². The van der Waals surface area contributed by atoms with Crippen LogP contribution in [0, 0.1) is 6.92 Å². The zero-order valence-corrected chi connectivity index (χ0v) is 11.6. The maximum Gasteiger partial charge on any atom is 0.269 e. The van der Waals surface area contributed by atoms with Gasteiger partial charge in [-0.15, -0.1) is 0 Å². The van der Waals surface area contributed by atoms with Crippen LogP contribution in [-0.4, -0.2) is 10.9 Å². The summed E-state index contributed by atoms with van der Waals surface area (Å²) in [5.41, 5.74) is 8.13. The van der Waals surface area contributed by atoms with Crippen molar-refractivity contribution in [3.63, 3.8) is 0 Å². The van der Waals surface area contributed by atoms with E-state index in [2.05, 4.69) is 15.8 Å². The van der Waals surface area contributed by atoms with Crippen molar-refractivity contribution in [3.05, 3.63) is 71.8 Å². The lowest BCUT2D eigenvalue weighted by Gasteiger charge is -2.10. The maximum atomic E-state index is 12.0. The Morgan fingerprint density at radius 1 is 1.00 bits per heavy atom. The van der Waals surface area contributed by atoms with Gasteiger partial charge in [-0.25, -0.2) is 4.98 Å². The van der Waals surface area contributed by atoms with Crippen LogP contribution in [0.25, 0.3) is 10.9 Å². The molecule has 2 aromatic carbocycles. The van der Waals surface area contributed by atoms with E-state index in [1.165, 1.54) is 0 Å². The van der Waals surface area contributed by atoms with Crippen LogP contribution < -0.4 is 10.9 Å². The predicted octanol–water partition coefficient (Wildman–Crippen LogP) is 3.30. The van der Waals surface area contributed by atoms with E-state index in [9.17, 15) is 4.79 Å². The smallest absolute Gasteiger partial charge is 0.269 e. The fraction of sp³-hybridized carbons (Fsp3) is 0.0588. The van der Waals surface area contributed by atoms with Crippen LogP contribution in [0.5, 0.6) is 0 Å². The first-order valence-corrected chi connectivity index (χ1v) is 6.72. The molecule has 0 bridgehead atoms. The molecule has 0 spiro atoms. The number of anilines is 1. The van der Waals surface area contributed by atoms with Gasteiger partial charge in [0.15, 0.2) is 0 Å². The van der Waals surface area contributed by atoms with Gasteiger partial charge in [0.25, 0.3) is 5.91 Å². The first kappa shape index (κ1) is 13.1. The van der Waals surface area contributed by atoms with Crippen LogP contribution in [0.3, 0.4) is 0 Å². The highest BCUT2D eigenvalue weighted by Gasteiger charge is 2.05. The van der Waals surface area contributed by atoms with Crippen molar-refractivity contribution in [1.29, 1.82) is 0 Å². The van der Waals surface area contributed by atoms with Crippen molar-refractivity contribution < 1.29 is 4.79 Å². The molecule has 0 saturated heterocycles. The monoisotopic (exact) mass is 277 g/mol. The molecule has 3 rings (SSSR count). The van der Waals surface area contributed by atoms with Crippen molar-refractivity contribution in [2.24, 2.45) is 0 Å². The lowest BCUT2D eigenvalue weighted by molar-refractivity contribution is 0.0962. The van der Waals surface area contributed by atoms with E-state index < -0.39 is 0 Å². The predicted molar refractivity (Wildman–Crippen MR) is 84.0 cm³/mol. The average Bonchev–Trinajstić information content (AvgIpc) is 2.53. The van der Waals surface area contributed by atoms with Crippen LogP contribution in [0.2, 0.25) is 0 Å². The fourth-order valence-electron chi connectivity index (χ4n) is 2.20. The van der Waals surface area contributed by atoms with Crippen molar-refractivity contribution in [1.82, 2.24) is 10.4 Å². The minimum atomic E-state index is -0.191. The number of hydrogen-bond donors (Lipinski definition) is 2. The van der Waals surface area contributed by atoms with Gasteiger partial charge in [-0.1, -0.05) is 36.4 Å². The number of aryl methyl sites for hydroxylation is 1. The zero-order chi connectivity index (χ0) is 14.7. The minimum Gasteiger partial charge on any atom is -0.282 e. The van der Waals surface area contributed by atoms with Crippen molar-refractivity contribution in [3.8, 4) is 0 Å². The summed E-state index contributed by atoms with van der Waals surface area (Å²) in [7, 11) is 0. The third kappa shape index (κ3) is 2.84. The largest absolute Gasteiger partial charge is 0.282 e. The number of aromatic nitrogens is 1. The molecule has 4 heteroatoms. The average molecular weight is 277 g/mol. The number of carbonyl (C=O) groups is 1. The summed E-state index contributed by atoms with van der Waals surface area (Å²) in [6, 6.07) is 18.9. The van der Waals surface area contributed by atoms with E-state index in [0.29, 0.717) is 11.4 Å². The molecule has 1 aromatic heterocycles. The normalized spacial score (nSPS) is 10.3. The van der Waals surface area contributed by atoms with Crippen molar-refractivity contribution >= 4 is 22.6 Å². The summed E-state index contributed by atoms with van der Waals surface area (Å²) in [5, 5.41) is 1.11. The molecular formula is C17H15N3O. The molecule has 0 aliphatic heterocycles. The Bertz CT molecular complexity index is 784. The molecule has 0 aliphatic rings. The van der Waals surface area contributed by atoms with Crippen LogP contribution in [0.4, 0.5) is 5.82 Å². The molecule has 0 radical (unpaired) electrons. The maximum absolute atomic E-state index is 12.0. The Hall–Kier alpha value is -2.88. The van der Waals surface area contributed by atoms with E-state index in [0.717, 1.165) is 16.5 Å². The number of nitrogens with one attached hydrogen (secondary N) is 2. The summed E-state index contributed by atoms with van der Waals surface area (Å²) in [5.74, 6) is 0.429. The van der Waals surface area contributed by atoms with Crippen molar-refractivity contribution in [2.75, 3.05) is 5.43 Å². The van der Waals surface area contributed by atoms with E-state index in [4.69, 9.17) is 0 Å². The van der Waals surface area contributed by atoms with Gasteiger partial charge in [0.05, 0.1) is 5.52 Å². The van der Waals surface area contributed by atoms with Gasteiger partial charge >= 0.3 is 0 Å². The summed E-state index contributed by atoms with van der Waals surface area (Å²) < 4.78 is 0. The highest BCUT2D eigenvalue weighted by atomic mass is 16.2. The van der Waals surface area contributed by atoms with E-state index in [-0.39, 0.29) is 5.91 Å². The Morgan fingerprint density at radius 3 is 2.52 bits per heavy atom. The minimum absolute atomic E-state index is 0.191. The second kappa shape index (κ2) is 5.63. The number of amides is 1. The lowest BCUT2D eigenvalue weighted by Crippen LogP contribution is -2.29. The number of hydrogen-bond acceptors (Lipinski definition) is 3. The molecule has 104 valence electrons. The molecule has 0 atom stereocenters. The zero-order valence-electron chi connectivity index (χ0n) is 11.6. The second-order valence-electron chi connectivity index (χ2n) is 4.79. The summed E-state index contributed by atoms with van der Waals surface area (Å²) >= 11 is 0. The highest BCUT2D eigenvalue weighted by molar-refractivity contribution is 5.94. The lowest BCUT2D eigenvalue weighted by atomic mass is 10.1. The molecule has 21 heavy (non-hydrogen) atoms. The summed E-state index contributed by atoms with van der Waals surface area (Å²) in [6.07, 6.45) is 0. The van der Waals surface area contributed by atoms with E-state index in [1.54, 1.807) is 12.1 Å². The molecule has 1 heterocycles. The van der Waals surface area contributed by atoms with Gasteiger partial charge in [0.1, 0.15) is 5.82 Å². The van der Waals surface area contributed by atoms with Gasteiger partial charge in [0, 0.05) is 10.9 Å². The van der Waals surface area contributed by atoms with Gasteiger partial charge in [-0.05, 0) is 36.8 Å². The fourth-order valence-corrected chi connectivity index (χ4v) is 2.20. The topological polar surface area (TPSA) is 54.0 Å². The van der Waals surface area contributed by atoms with Crippen LogP contribution >= 0.6 is 0 Å². The highest BCUT2D eigenvalue weighted by Crippen LogP contribution is 2.19. The molecule has 1 amide bonds. The number of rotatable bonds is 3. The van der Waals surface area contributed by atoms with Crippen LogP contribution in [0.1, 0.15) is 15.9 Å². The quantitative estimate of drug-likeness (QED) is 0.722. The molecule has 0 unspecified atom stereocenters. The molecule has 3 aromatic rings. The van der Waals surface area contributed by atoms with Gasteiger partial charge < -0.3 is 0 Å². The first-order chi connectivity index (χ1) is 10.2. The number of nitrogens with zero attached hydrogens (tertiary/aromatic N) is 1. The van der Waals surface area contributed by atoms with Gasteiger partial charge in [0.2, 0.25) is 0 Å². The molecule has 4 nitrogen and oxygen atoms in total. The Kier molecular flexibility index (Phi) is 3.51. The number of benzene rings is 2. The Morgan fingerprint density at radius 2 is 1.71 bits per heavy atom. The molecule has 0 fully saturated rings. The summed E-state index contributed by atoms with van der Waals surface area (Å²) in [4.78, 5) is 16.4. The summed E-state index contributed by atoms with van der Waals surface area (Å²) in [6.45, 7) is 2.02. The number of carbonyl (C=O) groups excluding carboxylic acids is 1. The number of fused-ring (bicyclic) bond motifs is 1. The van der Waals surface area contributed by atoms with E-state index >= 15 is 0 Å². The number of hydrazine groups is 1. The SMILES string of the molecule is Cc1cc(NNC(=O)c2ccccc2)nc2ccccc12. The molecule has 2 N–H and O–H groups in total. The molecular weight excluding hydrogens is 262 g/mol. The van der Waals surface area contributed by atoms with Gasteiger partial charge in [-0.2, -0.15) is 0 Å². The standard InChI is InChI=1S/C17H15N3O/c1-12-11-16(18-15-10-6-5-9-14(12)15)19-20-17(21)13-7-3-2-4-8-13/h2-11H,1H3,(H,18,19)(H,20,21). The Labute approximate surface area is 122 Å². The number of para-hydroxylation sites is 1. The van der Waals surface area contributed by atoms with Gasteiger partial charge in [-0.3, -0.25) is 15.6 Å². The number of pyridine rings is 1. The molecule has 0 aliphatic carbocycles. The third-order valence-electron chi connectivity index (χ3n) is 3.26. The van der Waals surface area contributed by atoms with Crippen molar-refractivity contribution in [2.45, 2.75) is 6.92 Å². The Balaban J connectivity index is 1.78. The second-order valence-corrected chi connectivity index (χ2v) is 4.79. The van der Waals surface area contributed by atoms with Crippen LogP contribution in [-0.2, 0) is 0 Å². The first-order valence-electron chi connectivity index (χ1n) is 6.72.